The fourth-order valence-corrected chi connectivity index (χ4v) is 5.87. The second-order valence-electron chi connectivity index (χ2n) is 8.50. The van der Waals surface area contributed by atoms with Crippen LogP contribution in [0.15, 0.2) is 24.5 Å². The summed E-state index contributed by atoms with van der Waals surface area (Å²) in [6, 6.07) is 6.40. The number of aliphatic hydroxyl groups excluding tert-OH is 1. The lowest BCUT2D eigenvalue weighted by molar-refractivity contribution is 0.0808. The monoisotopic (exact) mass is 482 g/mol. The topological polar surface area (TPSA) is 110 Å². The van der Waals surface area contributed by atoms with E-state index in [4.69, 9.17) is 15.2 Å². The zero-order chi connectivity index (χ0) is 23.7. The van der Waals surface area contributed by atoms with Gasteiger partial charge in [-0.25, -0.2) is 9.50 Å². The normalized spacial score (nSPS) is 14.9. The maximum atomic E-state index is 9.32. The molecule has 4 N–H and O–H groups in total. The molecule has 9 nitrogen and oxygen atoms in total. The zero-order valence-corrected chi connectivity index (χ0v) is 20.3. The number of methoxy groups -OCH3 is 1. The Morgan fingerprint density at radius 1 is 1.24 bits per heavy atom. The van der Waals surface area contributed by atoms with Gasteiger partial charge in [0.05, 0.1) is 37.3 Å². The van der Waals surface area contributed by atoms with E-state index in [1.807, 2.05) is 4.52 Å². The Labute approximate surface area is 202 Å². The molecule has 4 aromatic rings. The van der Waals surface area contributed by atoms with Gasteiger partial charge >= 0.3 is 0 Å². The average molecular weight is 483 g/mol. The number of fused-ring (bicyclic) bond motifs is 2. The fourth-order valence-electron chi connectivity index (χ4n) is 4.66. The lowest BCUT2D eigenvalue weighted by Crippen LogP contribution is -2.43. The number of hydrogen-bond donors (Lipinski definition) is 3. The summed E-state index contributed by atoms with van der Waals surface area (Å²) >= 11 is 1.67. The second-order valence-corrected chi connectivity index (χ2v) is 9.56. The molecule has 1 fully saturated rings. The SMILES string of the molecule is COc1cc(C)cc2cc(-c3c(COCCO)c(CN4CCNCC4)n4ncnc(N)c34)sc12. The van der Waals surface area contributed by atoms with Gasteiger partial charge in [0.15, 0.2) is 5.82 Å². The van der Waals surface area contributed by atoms with Crippen LogP contribution in [0.4, 0.5) is 5.82 Å². The van der Waals surface area contributed by atoms with Gasteiger partial charge in [-0.2, -0.15) is 5.10 Å². The van der Waals surface area contributed by atoms with Crippen molar-refractivity contribution in [3.05, 3.63) is 41.3 Å². The van der Waals surface area contributed by atoms with Gasteiger partial charge in [-0.15, -0.1) is 11.3 Å². The van der Waals surface area contributed by atoms with Crippen molar-refractivity contribution in [2.45, 2.75) is 20.1 Å². The van der Waals surface area contributed by atoms with Crippen LogP contribution in [0.1, 0.15) is 16.8 Å². The number of nitrogens with zero attached hydrogens (tertiary/aromatic N) is 4. The maximum Gasteiger partial charge on any atom is 0.152 e. The Bertz CT molecular complexity index is 1310. The van der Waals surface area contributed by atoms with Gasteiger partial charge in [0.25, 0.3) is 0 Å². The number of nitrogens with two attached hydrogens (primary N) is 1. The Morgan fingerprint density at radius 2 is 2.06 bits per heavy atom. The molecule has 1 saturated heterocycles. The molecule has 0 spiro atoms. The maximum absolute atomic E-state index is 9.32. The highest BCUT2D eigenvalue weighted by atomic mass is 32.1. The molecule has 10 heteroatoms. The van der Waals surface area contributed by atoms with Crippen molar-refractivity contribution in [3.8, 4) is 16.2 Å². The number of rotatable bonds is 8. The minimum Gasteiger partial charge on any atom is -0.495 e. The molecule has 0 amide bonds. The smallest absolute Gasteiger partial charge is 0.152 e. The number of piperazine rings is 1. The third-order valence-electron chi connectivity index (χ3n) is 6.22. The van der Waals surface area contributed by atoms with E-state index in [1.54, 1.807) is 18.4 Å². The van der Waals surface area contributed by atoms with Crippen LogP contribution in [-0.2, 0) is 17.9 Å². The third-order valence-corrected chi connectivity index (χ3v) is 7.40. The van der Waals surface area contributed by atoms with E-state index in [1.165, 1.54) is 6.33 Å². The Balaban J connectivity index is 1.72. The van der Waals surface area contributed by atoms with E-state index in [-0.39, 0.29) is 13.2 Å². The molecule has 0 atom stereocenters. The van der Waals surface area contributed by atoms with Crippen molar-refractivity contribution in [3.63, 3.8) is 0 Å². The first-order valence-corrected chi connectivity index (χ1v) is 12.3. The summed E-state index contributed by atoms with van der Waals surface area (Å²) in [6.07, 6.45) is 1.50. The Hall–Kier alpha value is -2.76. The molecular weight excluding hydrogens is 452 g/mol. The summed E-state index contributed by atoms with van der Waals surface area (Å²) in [7, 11) is 1.70. The van der Waals surface area contributed by atoms with E-state index in [2.05, 4.69) is 45.4 Å². The van der Waals surface area contributed by atoms with Crippen LogP contribution in [0.25, 0.3) is 26.0 Å². The van der Waals surface area contributed by atoms with Gasteiger partial charge in [0.2, 0.25) is 0 Å². The summed E-state index contributed by atoms with van der Waals surface area (Å²) in [5.74, 6) is 1.29. The lowest BCUT2D eigenvalue weighted by atomic mass is 10.1. The summed E-state index contributed by atoms with van der Waals surface area (Å²) in [5, 5.41) is 18.5. The minimum absolute atomic E-state index is 0.0306. The van der Waals surface area contributed by atoms with Crippen molar-refractivity contribution in [2.75, 3.05) is 52.2 Å². The average Bonchev–Trinajstić information content (AvgIpc) is 3.39. The molecule has 4 heterocycles. The largest absolute Gasteiger partial charge is 0.495 e. The fraction of sp³-hybridized carbons (Fsp3) is 0.417. The molecule has 180 valence electrons. The van der Waals surface area contributed by atoms with Crippen LogP contribution in [0.5, 0.6) is 5.75 Å². The number of aryl methyl sites for hydroxylation is 1. The number of thiophene rings is 1. The van der Waals surface area contributed by atoms with Crippen molar-refractivity contribution in [1.29, 1.82) is 0 Å². The summed E-state index contributed by atoms with van der Waals surface area (Å²) in [4.78, 5) is 7.79. The first-order valence-electron chi connectivity index (χ1n) is 11.4. The number of ether oxygens (including phenoxy) is 2. The standard InChI is InChI=1S/C24H30N6O3S/c1-15-9-16-11-20(34-23(16)19(10-15)32-2)21-17(13-33-8-7-31)18(12-29-5-3-26-4-6-29)30-22(21)24(25)27-14-28-30/h9-11,14,26,31H,3-8,12-13H2,1-2H3,(H2,25,27,28). The molecule has 1 aromatic carbocycles. The first kappa shape index (κ1) is 23.0. The number of benzene rings is 1. The number of nitrogen functional groups attached to an aromatic ring is 1. The van der Waals surface area contributed by atoms with E-state index in [0.29, 0.717) is 12.4 Å². The third kappa shape index (κ3) is 4.23. The van der Waals surface area contributed by atoms with Gasteiger partial charge in [0.1, 0.15) is 17.6 Å². The molecule has 3 aromatic heterocycles. The van der Waals surface area contributed by atoms with Gasteiger partial charge in [-0.3, -0.25) is 4.90 Å². The highest BCUT2D eigenvalue weighted by molar-refractivity contribution is 7.22. The Kier molecular flexibility index (Phi) is 6.66. The van der Waals surface area contributed by atoms with Crippen molar-refractivity contribution in [2.24, 2.45) is 0 Å². The quantitative estimate of drug-likeness (QED) is 0.329. The number of aromatic nitrogens is 3. The van der Waals surface area contributed by atoms with Gasteiger partial charge in [-0.1, -0.05) is 6.07 Å². The molecular formula is C24H30N6O3S. The van der Waals surface area contributed by atoms with E-state index in [0.717, 1.165) is 81.3 Å². The van der Waals surface area contributed by atoms with Gasteiger partial charge < -0.3 is 25.6 Å². The van der Waals surface area contributed by atoms with Crippen LogP contribution in [0.3, 0.4) is 0 Å². The van der Waals surface area contributed by atoms with Crippen LogP contribution in [0.2, 0.25) is 0 Å². The zero-order valence-electron chi connectivity index (χ0n) is 19.5. The number of aliphatic hydroxyl groups is 1. The Morgan fingerprint density at radius 3 is 2.82 bits per heavy atom. The van der Waals surface area contributed by atoms with Crippen molar-refractivity contribution >= 4 is 32.8 Å². The highest BCUT2D eigenvalue weighted by Crippen LogP contribution is 2.44. The molecule has 1 aliphatic heterocycles. The van der Waals surface area contributed by atoms with E-state index >= 15 is 0 Å². The summed E-state index contributed by atoms with van der Waals surface area (Å²) in [5.41, 5.74) is 11.4. The number of nitrogens with one attached hydrogen (secondary N) is 1. The van der Waals surface area contributed by atoms with E-state index in [9.17, 15) is 5.11 Å². The summed E-state index contributed by atoms with van der Waals surface area (Å²) < 4.78 is 14.5. The van der Waals surface area contributed by atoms with Crippen molar-refractivity contribution < 1.29 is 14.6 Å². The summed E-state index contributed by atoms with van der Waals surface area (Å²) in [6.45, 7) is 7.21. The van der Waals surface area contributed by atoms with Gasteiger partial charge in [0, 0.05) is 48.7 Å². The minimum atomic E-state index is -0.0306. The van der Waals surface area contributed by atoms with Crippen LogP contribution >= 0.6 is 11.3 Å². The molecule has 0 aliphatic carbocycles. The predicted octanol–water partition coefficient (Wildman–Crippen LogP) is 2.42. The molecule has 5 rings (SSSR count). The first-order chi connectivity index (χ1) is 16.6. The molecule has 0 saturated carbocycles. The molecule has 1 aliphatic rings. The molecule has 0 radical (unpaired) electrons. The van der Waals surface area contributed by atoms with Gasteiger partial charge in [-0.05, 0) is 30.0 Å². The molecule has 0 bridgehead atoms. The van der Waals surface area contributed by atoms with E-state index < -0.39 is 0 Å². The predicted molar refractivity (Wildman–Crippen MR) is 134 cm³/mol. The lowest BCUT2D eigenvalue weighted by Gasteiger charge is -2.27. The van der Waals surface area contributed by atoms with Crippen molar-refractivity contribution in [1.82, 2.24) is 24.8 Å². The van der Waals surface area contributed by atoms with Crippen LogP contribution in [0, 0.1) is 6.92 Å². The second kappa shape index (κ2) is 9.85. The highest BCUT2D eigenvalue weighted by Gasteiger charge is 2.26. The molecule has 0 unspecified atom stereocenters. The van der Waals surface area contributed by atoms with Crippen LogP contribution in [-0.4, -0.2) is 71.1 Å². The molecule has 34 heavy (non-hydrogen) atoms. The number of hydrogen-bond acceptors (Lipinski definition) is 9. The number of anilines is 1. The van der Waals surface area contributed by atoms with Crippen LogP contribution < -0.4 is 15.8 Å².